The molecule has 6 heteroatoms. The van der Waals surface area contributed by atoms with Crippen molar-refractivity contribution in [2.24, 2.45) is 0 Å². The quantitative estimate of drug-likeness (QED) is 0.886. The molecule has 0 saturated carbocycles. The van der Waals surface area contributed by atoms with Crippen LogP contribution in [0.1, 0.15) is 50.2 Å². The molecule has 1 N–H and O–H groups in total. The van der Waals surface area contributed by atoms with Crippen LogP contribution in [0.25, 0.3) is 0 Å². The van der Waals surface area contributed by atoms with Crippen LogP contribution in [0.15, 0.2) is 28.7 Å². The first-order valence-corrected chi connectivity index (χ1v) is 7.54. The average molecular weight is 302 g/mol. The van der Waals surface area contributed by atoms with Crippen molar-refractivity contribution in [3.05, 3.63) is 36.0 Å². The fourth-order valence-corrected chi connectivity index (χ4v) is 2.09. The Balaban J connectivity index is 2.05. The Morgan fingerprint density at radius 2 is 1.82 bits per heavy atom. The Kier molecular flexibility index (Phi) is 5.14. The molecule has 0 atom stereocenters. The number of amides is 1. The van der Waals surface area contributed by atoms with Crippen molar-refractivity contribution in [3.63, 3.8) is 0 Å². The van der Waals surface area contributed by atoms with Gasteiger partial charge >= 0.3 is 11.8 Å². The van der Waals surface area contributed by atoms with Crippen LogP contribution in [0.4, 0.5) is 11.4 Å². The summed E-state index contributed by atoms with van der Waals surface area (Å²) in [5, 5.41) is 10.4. The Morgan fingerprint density at radius 1 is 1.18 bits per heavy atom. The summed E-state index contributed by atoms with van der Waals surface area (Å²) < 4.78 is 5.33. The maximum atomic E-state index is 12.1. The summed E-state index contributed by atoms with van der Waals surface area (Å²) >= 11 is 0. The van der Waals surface area contributed by atoms with Gasteiger partial charge in [-0.3, -0.25) is 4.79 Å². The van der Waals surface area contributed by atoms with E-state index in [1.165, 1.54) is 0 Å². The van der Waals surface area contributed by atoms with Gasteiger partial charge < -0.3 is 14.6 Å². The first-order chi connectivity index (χ1) is 10.5. The van der Waals surface area contributed by atoms with Gasteiger partial charge in [-0.2, -0.15) is 0 Å². The second-order valence-corrected chi connectivity index (χ2v) is 5.27. The topological polar surface area (TPSA) is 71.3 Å². The van der Waals surface area contributed by atoms with E-state index in [9.17, 15) is 4.79 Å². The summed E-state index contributed by atoms with van der Waals surface area (Å²) in [5.41, 5.74) is 1.83. The molecule has 6 nitrogen and oxygen atoms in total. The van der Waals surface area contributed by atoms with E-state index in [0.717, 1.165) is 18.8 Å². The van der Waals surface area contributed by atoms with Crippen LogP contribution < -0.4 is 10.2 Å². The summed E-state index contributed by atoms with van der Waals surface area (Å²) in [7, 11) is 0. The number of carbonyl (C=O) groups excluding carboxylic acids is 1. The molecule has 2 aromatic rings. The lowest BCUT2D eigenvalue weighted by atomic mass is 10.2. The molecular weight excluding hydrogens is 280 g/mol. The van der Waals surface area contributed by atoms with Crippen molar-refractivity contribution in [1.29, 1.82) is 0 Å². The number of aromatic nitrogens is 2. The minimum Gasteiger partial charge on any atom is -0.417 e. The first kappa shape index (κ1) is 16.0. The maximum absolute atomic E-state index is 12.1. The highest BCUT2D eigenvalue weighted by Gasteiger charge is 2.16. The SMILES string of the molecule is CCN(CC)c1ccc(NC(=O)c2nnc(C(C)C)o2)cc1. The fourth-order valence-electron chi connectivity index (χ4n) is 2.09. The molecule has 0 fully saturated rings. The second-order valence-electron chi connectivity index (χ2n) is 5.27. The van der Waals surface area contributed by atoms with Crippen LogP contribution in [-0.2, 0) is 0 Å². The van der Waals surface area contributed by atoms with E-state index >= 15 is 0 Å². The number of carbonyl (C=O) groups is 1. The van der Waals surface area contributed by atoms with Gasteiger partial charge in [-0.05, 0) is 38.1 Å². The Hall–Kier alpha value is -2.37. The molecule has 1 aromatic heterocycles. The Labute approximate surface area is 130 Å². The molecule has 2 rings (SSSR count). The number of hydrogen-bond acceptors (Lipinski definition) is 5. The third-order valence-electron chi connectivity index (χ3n) is 3.38. The van der Waals surface area contributed by atoms with Gasteiger partial charge in [-0.15, -0.1) is 10.2 Å². The molecule has 0 aliphatic rings. The summed E-state index contributed by atoms with van der Waals surface area (Å²) in [4.78, 5) is 14.3. The van der Waals surface area contributed by atoms with E-state index in [0.29, 0.717) is 11.6 Å². The minimum absolute atomic E-state index is 0.0171. The summed E-state index contributed by atoms with van der Waals surface area (Å²) in [6, 6.07) is 7.70. The number of benzene rings is 1. The highest BCUT2D eigenvalue weighted by Crippen LogP contribution is 2.18. The van der Waals surface area contributed by atoms with Crippen LogP contribution >= 0.6 is 0 Å². The Bertz CT molecular complexity index is 615. The molecule has 1 aromatic carbocycles. The van der Waals surface area contributed by atoms with Crippen LogP contribution in [-0.4, -0.2) is 29.2 Å². The van der Waals surface area contributed by atoms with Gasteiger partial charge in [-0.1, -0.05) is 13.8 Å². The zero-order chi connectivity index (χ0) is 16.1. The maximum Gasteiger partial charge on any atom is 0.313 e. The smallest absolute Gasteiger partial charge is 0.313 e. The average Bonchev–Trinajstić information content (AvgIpc) is 3.00. The second kappa shape index (κ2) is 7.06. The van der Waals surface area contributed by atoms with Crippen molar-refractivity contribution in [3.8, 4) is 0 Å². The number of anilines is 2. The molecule has 0 aliphatic carbocycles. The number of hydrogen-bond donors (Lipinski definition) is 1. The molecular formula is C16H22N4O2. The molecule has 1 heterocycles. The molecule has 22 heavy (non-hydrogen) atoms. The molecule has 0 spiro atoms. The zero-order valence-corrected chi connectivity index (χ0v) is 13.5. The fraction of sp³-hybridized carbons (Fsp3) is 0.438. The number of nitrogens with zero attached hydrogens (tertiary/aromatic N) is 3. The predicted molar refractivity (Wildman–Crippen MR) is 86.3 cm³/mol. The third-order valence-corrected chi connectivity index (χ3v) is 3.38. The highest BCUT2D eigenvalue weighted by atomic mass is 16.4. The van der Waals surface area contributed by atoms with Crippen LogP contribution in [0, 0.1) is 0 Å². The lowest BCUT2D eigenvalue weighted by Crippen LogP contribution is -2.21. The van der Waals surface area contributed by atoms with Gasteiger partial charge in [0.1, 0.15) is 0 Å². The Morgan fingerprint density at radius 3 is 2.32 bits per heavy atom. The highest BCUT2D eigenvalue weighted by molar-refractivity contribution is 6.00. The summed E-state index contributed by atoms with van der Waals surface area (Å²) in [6.45, 7) is 9.98. The van der Waals surface area contributed by atoms with E-state index in [1.807, 2.05) is 38.1 Å². The molecule has 0 bridgehead atoms. The van der Waals surface area contributed by atoms with Crippen LogP contribution in [0.5, 0.6) is 0 Å². The molecule has 0 radical (unpaired) electrons. The van der Waals surface area contributed by atoms with Crippen molar-refractivity contribution in [2.75, 3.05) is 23.3 Å². The van der Waals surface area contributed by atoms with E-state index in [1.54, 1.807) is 0 Å². The van der Waals surface area contributed by atoms with Gasteiger partial charge in [0, 0.05) is 30.4 Å². The lowest BCUT2D eigenvalue weighted by molar-refractivity contribution is 0.0988. The first-order valence-electron chi connectivity index (χ1n) is 7.54. The van der Waals surface area contributed by atoms with E-state index < -0.39 is 5.91 Å². The minimum atomic E-state index is -0.394. The predicted octanol–water partition coefficient (Wildman–Crippen LogP) is 3.29. The molecule has 0 saturated heterocycles. The molecule has 1 amide bonds. The number of rotatable bonds is 6. The van der Waals surface area contributed by atoms with Crippen LogP contribution in [0.2, 0.25) is 0 Å². The monoisotopic (exact) mass is 302 g/mol. The van der Waals surface area contributed by atoms with E-state index in [-0.39, 0.29) is 11.8 Å². The third kappa shape index (κ3) is 3.63. The molecule has 0 aliphatic heterocycles. The van der Waals surface area contributed by atoms with Gasteiger partial charge in [0.2, 0.25) is 5.89 Å². The summed E-state index contributed by atoms with van der Waals surface area (Å²) in [6.07, 6.45) is 0. The lowest BCUT2D eigenvalue weighted by Gasteiger charge is -2.21. The van der Waals surface area contributed by atoms with Gasteiger partial charge in [0.25, 0.3) is 0 Å². The van der Waals surface area contributed by atoms with E-state index in [2.05, 4.69) is 34.3 Å². The van der Waals surface area contributed by atoms with Crippen molar-refractivity contribution < 1.29 is 9.21 Å². The van der Waals surface area contributed by atoms with E-state index in [4.69, 9.17) is 4.42 Å². The van der Waals surface area contributed by atoms with Gasteiger partial charge in [-0.25, -0.2) is 0 Å². The molecule has 0 unspecified atom stereocenters. The normalized spacial score (nSPS) is 10.8. The van der Waals surface area contributed by atoms with Gasteiger partial charge in [0.15, 0.2) is 0 Å². The van der Waals surface area contributed by atoms with Crippen molar-refractivity contribution in [2.45, 2.75) is 33.6 Å². The standard InChI is InChI=1S/C16H22N4O2/c1-5-20(6-2)13-9-7-12(8-10-13)17-14(21)16-19-18-15(22-16)11(3)4/h7-11H,5-6H2,1-4H3,(H,17,21). The molecule has 118 valence electrons. The number of nitrogens with one attached hydrogen (secondary N) is 1. The van der Waals surface area contributed by atoms with Gasteiger partial charge in [0.05, 0.1) is 0 Å². The largest absolute Gasteiger partial charge is 0.417 e. The van der Waals surface area contributed by atoms with Crippen molar-refractivity contribution >= 4 is 17.3 Å². The summed E-state index contributed by atoms with van der Waals surface area (Å²) in [5.74, 6) is 0.149. The van der Waals surface area contributed by atoms with Crippen LogP contribution in [0.3, 0.4) is 0 Å². The zero-order valence-electron chi connectivity index (χ0n) is 13.5. The van der Waals surface area contributed by atoms with Crippen molar-refractivity contribution in [1.82, 2.24) is 10.2 Å².